The number of sulfonamides is 1. The van der Waals surface area contributed by atoms with E-state index in [9.17, 15) is 21.6 Å². The van der Waals surface area contributed by atoms with Crippen molar-refractivity contribution < 1.29 is 21.6 Å². The Morgan fingerprint density at radius 2 is 1.63 bits per heavy atom. The Bertz CT molecular complexity index is 1350. The van der Waals surface area contributed by atoms with Crippen LogP contribution in [0.4, 0.5) is 13.2 Å². The molecule has 10 heteroatoms. The predicted molar refractivity (Wildman–Crippen MR) is 105 cm³/mol. The van der Waals surface area contributed by atoms with Crippen molar-refractivity contribution in [3.05, 3.63) is 71.9 Å². The van der Waals surface area contributed by atoms with E-state index in [0.717, 1.165) is 6.07 Å². The quantitative estimate of drug-likeness (QED) is 0.529. The number of nitrogens with two attached hydrogens (primary N) is 1. The number of halogens is 3. The molecule has 4 aromatic rings. The van der Waals surface area contributed by atoms with Crippen LogP contribution in [0.2, 0.25) is 0 Å². The van der Waals surface area contributed by atoms with Gasteiger partial charge in [-0.25, -0.2) is 23.2 Å². The van der Waals surface area contributed by atoms with Crippen LogP contribution in [0, 0.1) is 6.92 Å². The molecule has 0 atom stereocenters. The third-order valence-electron chi connectivity index (χ3n) is 4.53. The first-order valence-electron chi connectivity index (χ1n) is 8.72. The minimum Gasteiger partial charge on any atom is -0.233 e. The Hall–Kier alpha value is -3.24. The number of aromatic nitrogens is 3. The normalized spacial score (nSPS) is 12.4. The van der Waals surface area contributed by atoms with Crippen LogP contribution in [0.1, 0.15) is 11.3 Å². The Balaban J connectivity index is 2.06. The molecule has 0 aliphatic heterocycles. The first kappa shape index (κ1) is 20.0. The van der Waals surface area contributed by atoms with E-state index in [-0.39, 0.29) is 27.3 Å². The van der Waals surface area contributed by atoms with Crippen LogP contribution in [0.15, 0.2) is 65.6 Å². The van der Waals surface area contributed by atoms with Gasteiger partial charge < -0.3 is 0 Å². The molecule has 2 aromatic carbocycles. The number of benzene rings is 2. The maximum atomic E-state index is 13.8. The second-order valence-corrected chi connectivity index (χ2v) is 8.23. The molecule has 0 saturated heterocycles. The molecule has 0 fully saturated rings. The van der Waals surface area contributed by atoms with Gasteiger partial charge in [0.25, 0.3) is 0 Å². The number of primary sulfonamides is 1. The van der Waals surface area contributed by atoms with E-state index >= 15 is 0 Å². The highest BCUT2D eigenvalue weighted by Crippen LogP contribution is 2.40. The molecule has 30 heavy (non-hydrogen) atoms. The van der Waals surface area contributed by atoms with Gasteiger partial charge in [-0.1, -0.05) is 30.3 Å². The summed E-state index contributed by atoms with van der Waals surface area (Å²) in [6.07, 6.45) is -4.61. The molecule has 6 nitrogen and oxygen atoms in total. The van der Waals surface area contributed by atoms with Gasteiger partial charge in [0.1, 0.15) is 5.69 Å². The maximum Gasteiger partial charge on any atom is 0.417 e. The van der Waals surface area contributed by atoms with Gasteiger partial charge in [-0.15, -0.1) is 0 Å². The van der Waals surface area contributed by atoms with Crippen LogP contribution in [-0.4, -0.2) is 23.2 Å². The van der Waals surface area contributed by atoms with Gasteiger partial charge in [0, 0.05) is 11.3 Å². The highest BCUT2D eigenvalue weighted by molar-refractivity contribution is 7.89. The second-order valence-electron chi connectivity index (χ2n) is 6.67. The number of fused-ring (bicyclic) bond motifs is 1. The summed E-state index contributed by atoms with van der Waals surface area (Å²) in [7, 11) is -3.91. The Morgan fingerprint density at radius 3 is 2.20 bits per heavy atom. The fourth-order valence-corrected chi connectivity index (χ4v) is 3.73. The molecule has 2 aromatic heterocycles. The Labute approximate surface area is 169 Å². The zero-order valence-electron chi connectivity index (χ0n) is 15.6. The topological polar surface area (TPSA) is 90.9 Å². The molecule has 154 valence electrons. The van der Waals surface area contributed by atoms with E-state index in [1.807, 2.05) is 0 Å². The molecule has 0 saturated carbocycles. The lowest BCUT2D eigenvalue weighted by Crippen LogP contribution is -2.12. The zero-order chi connectivity index (χ0) is 21.7. The summed E-state index contributed by atoms with van der Waals surface area (Å²) in [6.45, 7) is 1.47. The number of alkyl halides is 3. The average Bonchev–Trinajstić information content (AvgIpc) is 3.06. The van der Waals surface area contributed by atoms with Gasteiger partial charge in [-0.2, -0.15) is 18.3 Å². The van der Waals surface area contributed by atoms with Crippen LogP contribution in [0.3, 0.4) is 0 Å². The average molecular weight is 432 g/mol. The zero-order valence-corrected chi connectivity index (χ0v) is 16.4. The largest absolute Gasteiger partial charge is 0.417 e. The number of rotatable bonds is 3. The van der Waals surface area contributed by atoms with Crippen molar-refractivity contribution in [2.75, 3.05) is 0 Å². The fraction of sp³-hybridized carbons (Fsp3) is 0.100. The first-order valence-corrected chi connectivity index (χ1v) is 10.3. The van der Waals surface area contributed by atoms with E-state index in [1.165, 1.54) is 35.9 Å². The van der Waals surface area contributed by atoms with Crippen LogP contribution in [-0.2, 0) is 16.2 Å². The van der Waals surface area contributed by atoms with E-state index in [2.05, 4.69) is 10.1 Å². The molecular formula is C20H15F3N4O2S. The fourth-order valence-electron chi connectivity index (χ4n) is 3.22. The molecule has 2 N–H and O–H groups in total. The number of hydrogen-bond acceptors (Lipinski definition) is 4. The van der Waals surface area contributed by atoms with Crippen LogP contribution >= 0.6 is 0 Å². The number of nitrogens with zero attached hydrogens (tertiary/aromatic N) is 3. The molecule has 0 amide bonds. The van der Waals surface area contributed by atoms with Crippen molar-refractivity contribution >= 4 is 21.1 Å². The molecule has 0 aliphatic carbocycles. The van der Waals surface area contributed by atoms with Crippen molar-refractivity contribution in [1.29, 1.82) is 0 Å². The molecular weight excluding hydrogens is 417 g/mol. The molecule has 2 heterocycles. The minimum absolute atomic E-state index is 0.0181. The molecule has 0 radical (unpaired) electrons. The van der Waals surface area contributed by atoms with Gasteiger partial charge in [0.05, 0.1) is 21.5 Å². The summed E-state index contributed by atoms with van der Waals surface area (Å²) >= 11 is 0. The smallest absolute Gasteiger partial charge is 0.233 e. The molecule has 0 spiro atoms. The Morgan fingerprint density at radius 1 is 1.00 bits per heavy atom. The first-order chi connectivity index (χ1) is 14.1. The summed E-state index contributed by atoms with van der Waals surface area (Å²) < 4.78 is 65.8. The second kappa shape index (κ2) is 6.92. The maximum absolute atomic E-state index is 13.8. The molecule has 0 aliphatic rings. The SMILES string of the molecule is Cc1cc(C(F)(F)F)c2c(-c3ccccc3)nn(-c3ccc(S(N)(=O)=O)cc3)c2n1. The third-order valence-corrected chi connectivity index (χ3v) is 5.46. The number of pyridine rings is 1. The number of aryl methyl sites for hydroxylation is 1. The van der Waals surface area contributed by atoms with Crippen molar-refractivity contribution in [1.82, 2.24) is 14.8 Å². The van der Waals surface area contributed by atoms with Gasteiger partial charge in [0.2, 0.25) is 10.0 Å². The summed E-state index contributed by atoms with van der Waals surface area (Å²) in [5, 5.41) is 9.40. The van der Waals surface area contributed by atoms with Crippen molar-refractivity contribution in [3.8, 4) is 16.9 Å². The lowest BCUT2D eigenvalue weighted by molar-refractivity contribution is -0.136. The van der Waals surface area contributed by atoms with E-state index < -0.39 is 21.8 Å². The molecule has 0 unspecified atom stereocenters. The molecule has 0 bridgehead atoms. The predicted octanol–water partition coefficient (Wildman–Crippen LogP) is 4.06. The lowest BCUT2D eigenvalue weighted by atomic mass is 10.0. The summed E-state index contributed by atoms with van der Waals surface area (Å²) in [5.74, 6) is 0. The van der Waals surface area contributed by atoms with Gasteiger partial charge in [0.15, 0.2) is 5.65 Å². The third kappa shape index (κ3) is 3.55. The highest BCUT2D eigenvalue weighted by Gasteiger charge is 2.36. The van der Waals surface area contributed by atoms with Gasteiger partial charge in [-0.3, -0.25) is 0 Å². The number of hydrogen-bond donors (Lipinski definition) is 1. The highest BCUT2D eigenvalue weighted by atomic mass is 32.2. The van der Waals surface area contributed by atoms with Gasteiger partial charge >= 0.3 is 6.18 Å². The Kier molecular flexibility index (Phi) is 4.63. The van der Waals surface area contributed by atoms with E-state index in [1.54, 1.807) is 30.3 Å². The van der Waals surface area contributed by atoms with Crippen molar-refractivity contribution in [2.45, 2.75) is 18.0 Å². The van der Waals surface area contributed by atoms with Crippen molar-refractivity contribution in [3.63, 3.8) is 0 Å². The van der Waals surface area contributed by atoms with E-state index in [4.69, 9.17) is 5.14 Å². The van der Waals surface area contributed by atoms with Crippen LogP contribution in [0.5, 0.6) is 0 Å². The molecule has 4 rings (SSSR count). The summed E-state index contributed by atoms with van der Waals surface area (Å²) in [5.41, 5.74) is 0.331. The van der Waals surface area contributed by atoms with Crippen molar-refractivity contribution in [2.24, 2.45) is 5.14 Å². The summed E-state index contributed by atoms with van der Waals surface area (Å²) in [6, 6.07) is 14.8. The summed E-state index contributed by atoms with van der Waals surface area (Å²) in [4.78, 5) is 4.18. The van der Waals surface area contributed by atoms with E-state index in [0.29, 0.717) is 11.3 Å². The lowest BCUT2D eigenvalue weighted by Gasteiger charge is -2.10. The van der Waals surface area contributed by atoms with Gasteiger partial charge in [-0.05, 0) is 37.3 Å². The van der Waals surface area contributed by atoms with Crippen LogP contribution in [0.25, 0.3) is 28.0 Å². The minimum atomic E-state index is -4.61. The van der Waals surface area contributed by atoms with Crippen LogP contribution < -0.4 is 5.14 Å². The standard InChI is InChI=1S/C20H15F3N4O2S/c1-12-11-16(20(21,22)23)17-18(13-5-3-2-4-6-13)26-27(19(17)25-12)14-7-9-15(10-8-14)30(24,28)29/h2-11H,1H3,(H2,24,28,29). The monoisotopic (exact) mass is 432 g/mol.